The minimum atomic E-state index is 0.615. The highest BCUT2D eigenvalue weighted by Gasteiger charge is 2.21. The number of para-hydroxylation sites is 1. The largest absolute Gasteiger partial charge is 0.455 e. The highest BCUT2D eigenvalue weighted by Crippen LogP contribution is 2.43. The molecule has 0 aliphatic heterocycles. The van der Waals surface area contributed by atoms with E-state index in [-0.39, 0.29) is 0 Å². The Kier molecular flexibility index (Phi) is 6.52. The van der Waals surface area contributed by atoms with E-state index in [0.29, 0.717) is 17.5 Å². The molecule has 0 bridgehead atoms. The van der Waals surface area contributed by atoms with Crippen LogP contribution < -0.4 is 0 Å². The molecule has 0 fully saturated rings. The molecule has 0 radical (unpaired) electrons. The lowest BCUT2D eigenvalue weighted by Crippen LogP contribution is -2.01. The summed E-state index contributed by atoms with van der Waals surface area (Å²) in [6, 6.07) is 61.5. The lowest BCUT2D eigenvalue weighted by atomic mass is 9.95. The Morgan fingerprint density at radius 2 is 0.792 bits per heavy atom. The van der Waals surface area contributed by atoms with E-state index < -0.39 is 0 Å². The standard InChI is InChI=1S/C49H29N3O/c1-2-15-33-28-34(27-26-30(33)12-1)47-50-48(42-25-10-17-32-14-4-6-19-36(32)42)52-49(51-47)44-29-43-41-24-11-23-40(37-22-9-16-31-13-3-5-18-35(31)37)45(41)53-46(43)39-21-8-7-20-38(39)44/h1-29H. The number of aromatic nitrogens is 3. The second kappa shape index (κ2) is 11.7. The molecular formula is C49H29N3O. The van der Waals surface area contributed by atoms with Gasteiger partial charge in [-0.05, 0) is 55.4 Å². The SMILES string of the molecule is c1ccc2cc(-c3nc(-c4cccc5ccccc45)nc(-c4cc5c6cccc(-c7cccc8ccccc78)c6oc5c5ccccc45)n3)ccc2c1. The van der Waals surface area contributed by atoms with Gasteiger partial charge in [0.2, 0.25) is 0 Å². The van der Waals surface area contributed by atoms with Crippen molar-refractivity contribution in [2.24, 2.45) is 0 Å². The van der Waals surface area contributed by atoms with Gasteiger partial charge < -0.3 is 4.42 Å². The number of furan rings is 1. The summed E-state index contributed by atoms with van der Waals surface area (Å²) in [7, 11) is 0. The molecule has 11 rings (SSSR count). The molecule has 11 aromatic rings. The molecule has 53 heavy (non-hydrogen) atoms. The van der Waals surface area contributed by atoms with Crippen molar-refractivity contribution in [3.05, 3.63) is 176 Å². The third kappa shape index (κ3) is 4.73. The molecule has 2 aromatic heterocycles. The minimum absolute atomic E-state index is 0.615. The third-order valence-electron chi connectivity index (χ3n) is 10.5. The predicted molar refractivity (Wildman–Crippen MR) is 219 cm³/mol. The molecule has 0 aliphatic rings. The van der Waals surface area contributed by atoms with Gasteiger partial charge in [-0.25, -0.2) is 15.0 Å². The summed E-state index contributed by atoms with van der Waals surface area (Å²) >= 11 is 0. The van der Waals surface area contributed by atoms with Crippen molar-refractivity contribution in [1.29, 1.82) is 0 Å². The molecule has 0 saturated heterocycles. The van der Waals surface area contributed by atoms with Crippen LogP contribution in [-0.2, 0) is 0 Å². The number of hydrogen-bond donors (Lipinski definition) is 0. The Balaban J connectivity index is 1.20. The highest BCUT2D eigenvalue weighted by molar-refractivity contribution is 6.21. The number of hydrogen-bond acceptors (Lipinski definition) is 4. The van der Waals surface area contributed by atoms with E-state index in [1.54, 1.807) is 0 Å². The van der Waals surface area contributed by atoms with Gasteiger partial charge in [0.05, 0.1) is 0 Å². The zero-order chi connectivity index (χ0) is 34.9. The van der Waals surface area contributed by atoms with Gasteiger partial charge in [-0.1, -0.05) is 164 Å². The Bertz CT molecular complexity index is 3240. The average Bonchev–Trinajstić information content (AvgIpc) is 3.62. The summed E-state index contributed by atoms with van der Waals surface area (Å²) in [4.78, 5) is 15.7. The van der Waals surface area contributed by atoms with Gasteiger partial charge in [-0.15, -0.1) is 0 Å². The van der Waals surface area contributed by atoms with Crippen molar-refractivity contribution in [3.8, 4) is 45.3 Å². The first-order valence-corrected chi connectivity index (χ1v) is 17.9. The van der Waals surface area contributed by atoms with Crippen LogP contribution in [0.2, 0.25) is 0 Å². The second-order valence-electron chi connectivity index (χ2n) is 13.6. The topological polar surface area (TPSA) is 51.8 Å². The van der Waals surface area contributed by atoms with Gasteiger partial charge >= 0.3 is 0 Å². The molecule has 4 heteroatoms. The van der Waals surface area contributed by atoms with Crippen molar-refractivity contribution in [2.75, 3.05) is 0 Å². The monoisotopic (exact) mass is 675 g/mol. The van der Waals surface area contributed by atoms with Gasteiger partial charge in [0.1, 0.15) is 11.2 Å². The summed E-state index contributed by atoms with van der Waals surface area (Å²) in [6.07, 6.45) is 0. The molecule has 0 aliphatic carbocycles. The Morgan fingerprint density at radius 1 is 0.283 bits per heavy atom. The van der Waals surface area contributed by atoms with Crippen LogP contribution in [0.5, 0.6) is 0 Å². The summed E-state index contributed by atoms with van der Waals surface area (Å²) in [5.41, 5.74) is 6.76. The van der Waals surface area contributed by atoms with E-state index in [9.17, 15) is 0 Å². The molecule has 0 amide bonds. The second-order valence-corrected chi connectivity index (χ2v) is 13.6. The molecular weight excluding hydrogens is 647 g/mol. The first kappa shape index (κ1) is 29.5. The van der Waals surface area contributed by atoms with Crippen molar-refractivity contribution < 1.29 is 4.42 Å². The summed E-state index contributed by atoms with van der Waals surface area (Å²) < 4.78 is 6.91. The molecule has 0 N–H and O–H groups in total. The normalized spacial score (nSPS) is 11.8. The number of nitrogens with zero attached hydrogens (tertiary/aromatic N) is 3. The van der Waals surface area contributed by atoms with Crippen LogP contribution in [0, 0.1) is 0 Å². The van der Waals surface area contributed by atoms with E-state index in [2.05, 4.69) is 176 Å². The van der Waals surface area contributed by atoms with Crippen molar-refractivity contribution in [1.82, 2.24) is 15.0 Å². The van der Waals surface area contributed by atoms with Crippen LogP contribution in [0.15, 0.2) is 180 Å². The molecule has 0 unspecified atom stereocenters. The maximum absolute atomic E-state index is 6.91. The lowest BCUT2D eigenvalue weighted by Gasteiger charge is -2.12. The average molecular weight is 676 g/mol. The maximum Gasteiger partial charge on any atom is 0.164 e. The minimum Gasteiger partial charge on any atom is -0.455 e. The van der Waals surface area contributed by atoms with E-state index >= 15 is 0 Å². The zero-order valence-corrected chi connectivity index (χ0v) is 28.5. The lowest BCUT2D eigenvalue weighted by molar-refractivity contribution is 0.674. The van der Waals surface area contributed by atoms with Crippen LogP contribution in [-0.4, -0.2) is 15.0 Å². The van der Waals surface area contributed by atoms with Crippen molar-refractivity contribution in [3.63, 3.8) is 0 Å². The number of fused-ring (bicyclic) bond motifs is 8. The molecule has 0 atom stereocenters. The summed E-state index contributed by atoms with van der Waals surface area (Å²) in [6.45, 7) is 0. The van der Waals surface area contributed by atoms with E-state index in [4.69, 9.17) is 19.4 Å². The van der Waals surface area contributed by atoms with Crippen molar-refractivity contribution in [2.45, 2.75) is 0 Å². The van der Waals surface area contributed by atoms with Crippen LogP contribution in [0.25, 0.3) is 110 Å². The van der Waals surface area contributed by atoms with E-state index in [0.717, 1.165) is 76.7 Å². The van der Waals surface area contributed by atoms with Gasteiger partial charge in [-0.3, -0.25) is 0 Å². The fraction of sp³-hybridized carbons (Fsp3) is 0. The van der Waals surface area contributed by atoms with Crippen LogP contribution in [0.3, 0.4) is 0 Å². The molecule has 4 nitrogen and oxygen atoms in total. The molecule has 0 spiro atoms. The van der Waals surface area contributed by atoms with Crippen molar-refractivity contribution >= 4 is 65.0 Å². The van der Waals surface area contributed by atoms with Gasteiger partial charge in [-0.2, -0.15) is 0 Å². The quantitative estimate of drug-likeness (QED) is 0.186. The predicted octanol–water partition coefficient (Wildman–Crippen LogP) is 13.1. The maximum atomic E-state index is 6.91. The molecule has 2 heterocycles. The van der Waals surface area contributed by atoms with Gasteiger partial charge in [0.25, 0.3) is 0 Å². The van der Waals surface area contributed by atoms with Crippen LogP contribution in [0.1, 0.15) is 0 Å². The molecule has 0 saturated carbocycles. The van der Waals surface area contributed by atoms with E-state index in [1.807, 2.05) is 0 Å². The van der Waals surface area contributed by atoms with Crippen LogP contribution >= 0.6 is 0 Å². The molecule has 246 valence electrons. The third-order valence-corrected chi connectivity index (χ3v) is 10.5. The fourth-order valence-electron chi connectivity index (χ4n) is 7.97. The smallest absolute Gasteiger partial charge is 0.164 e. The summed E-state index contributed by atoms with van der Waals surface area (Å²) in [5, 5.41) is 11.0. The Labute approximate surface area is 304 Å². The van der Waals surface area contributed by atoms with Gasteiger partial charge in [0.15, 0.2) is 17.5 Å². The Morgan fingerprint density at radius 3 is 1.57 bits per heavy atom. The fourth-order valence-corrected chi connectivity index (χ4v) is 7.97. The van der Waals surface area contributed by atoms with Crippen LogP contribution in [0.4, 0.5) is 0 Å². The first-order chi connectivity index (χ1) is 26.3. The highest BCUT2D eigenvalue weighted by atomic mass is 16.3. The first-order valence-electron chi connectivity index (χ1n) is 17.9. The van der Waals surface area contributed by atoms with Gasteiger partial charge in [0, 0.05) is 38.4 Å². The summed E-state index contributed by atoms with van der Waals surface area (Å²) in [5.74, 6) is 1.88. The zero-order valence-electron chi connectivity index (χ0n) is 28.5. The number of benzene rings is 9. The Hall–Kier alpha value is -7.17. The van der Waals surface area contributed by atoms with E-state index in [1.165, 1.54) is 16.2 Å². The number of rotatable bonds is 4. The molecule has 9 aromatic carbocycles.